The topological polar surface area (TPSA) is 123 Å². The Morgan fingerprint density at radius 2 is 1.80 bits per heavy atom. The Bertz CT molecular complexity index is 513. The summed E-state index contributed by atoms with van der Waals surface area (Å²) >= 11 is 11.0. The number of nitrogens with two attached hydrogens (primary N) is 1. The van der Waals surface area contributed by atoms with E-state index in [1.54, 1.807) is 6.92 Å². The number of nitrogens with zero attached hydrogens (tertiary/aromatic N) is 1. The molecule has 0 atom stereocenters. The standard InChI is InChI=1S/C7H5Cl2FN2O3.C3H6O2/c8-3-5(11)4(9)7(12-6(3)10)15-1-2(13)14;1-2-3(4)5/h1H2,(H2,11,12)(H,13,14);2H2,1H3,(H,4,5). The zero-order valence-corrected chi connectivity index (χ0v) is 11.7. The maximum absolute atomic E-state index is 12.9. The Balaban J connectivity index is 0.000000621. The van der Waals surface area contributed by atoms with Gasteiger partial charge in [-0.3, -0.25) is 4.79 Å². The first-order valence-electron chi connectivity index (χ1n) is 5.07. The summed E-state index contributed by atoms with van der Waals surface area (Å²) in [6.45, 7) is 0.898. The van der Waals surface area contributed by atoms with Gasteiger partial charge in [-0.05, 0) is 0 Å². The monoisotopic (exact) mass is 328 g/mol. The lowest BCUT2D eigenvalue weighted by molar-refractivity contribution is -0.139. The van der Waals surface area contributed by atoms with Crippen molar-refractivity contribution < 1.29 is 28.9 Å². The summed E-state index contributed by atoms with van der Waals surface area (Å²) in [5.41, 5.74) is 5.07. The minimum absolute atomic E-state index is 0.220. The van der Waals surface area contributed by atoms with Gasteiger partial charge in [-0.2, -0.15) is 9.37 Å². The molecule has 0 amide bonds. The van der Waals surface area contributed by atoms with Crippen molar-refractivity contribution in [3.05, 3.63) is 16.0 Å². The average molecular weight is 329 g/mol. The molecule has 0 saturated heterocycles. The van der Waals surface area contributed by atoms with Gasteiger partial charge in [0.2, 0.25) is 11.8 Å². The van der Waals surface area contributed by atoms with Gasteiger partial charge in [0.25, 0.3) is 0 Å². The van der Waals surface area contributed by atoms with Crippen LogP contribution in [0.15, 0.2) is 0 Å². The SMILES string of the molecule is CCC(=O)O.Nc1c(Cl)c(F)nc(OCC(=O)O)c1Cl. The Morgan fingerprint density at radius 3 is 2.20 bits per heavy atom. The lowest BCUT2D eigenvalue weighted by Gasteiger charge is -2.07. The highest BCUT2D eigenvalue weighted by Gasteiger charge is 2.16. The fourth-order valence-electron chi connectivity index (χ4n) is 0.736. The fourth-order valence-corrected chi connectivity index (χ4v) is 1.11. The third-order valence-corrected chi connectivity index (χ3v) is 2.40. The van der Waals surface area contributed by atoms with Crippen LogP contribution in [0.3, 0.4) is 0 Å². The van der Waals surface area contributed by atoms with E-state index in [0.717, 1.165) is 0 Å². The molecular formula is C10H11Cl2FN2O5. The van der Waals surface area contributed by atoms with E-state index in [2.05, 4.69) is 9.72 Å². The number of carboxylic acids is 2. The van der Waals surface area contributed by atoms with E-state index < -0.39 is 35.4 Å². The summed E-state index contributed by atoms with van der Waals surface area (Å²) in [7, 11) is 0. The molecule has 4 N–H and O–H groups in total. The first-order valence-corrected chi connectivity index (χ1v) is 5.82. The first-order chi connectivity index (χ1) is 9.20. The van der Waals surface area contributed by atoms with Crippen LogP contribution >= 0.6 is 23.2 Å². The molecule has 0 aromatic carbocycles. The van der Waals surface area contributed by atoms with Crippen molar-refractivity contribution in [3.63, 3.8) is 0 Å². The van der Waals surface area contributed by atoms with Gasteiger partial charge in [0.15, 0.2) is 6.61 Å². The molecule has 0 saturated carbocycles. The van der Waals surface area contributed by atoms with Crippen molar-refractivity contribution in [1.82, 2.24) is 4.98 Å². The van der Waals surface area contributed by atoms with Gasteiger partial charge in [-0.25, -0.2) is 4.79 Å². The number of ether oxygens (including phenoxy) is 1. The van der Waals surface area contributed by atoms with Crippen LogP contribution < -0.4 is 10.5 Å². The van der Waals surface area contributed by atoms with Crippen LogP contribution in [0.4, 0.5) is 10.1 Å². The summed E-state index contributed by atoms with van der Waals surface area (Å²) in [4.78, 5) is 22.8. The van der Waals surface area contributed by atoms with Crippen LogP contribution in [0.2, 0.25) is 10.0 Å². The highest BCUT2D eigenvalue weighted by atomic mass is 35.5. The normalized spacial score (nSPS) is 9.40. The molecule has 0 aliphatic rings. The number of carboxylic acid groups (broad SMARTS) is 2. The zero-order chi connectivity index (χ0) is 15.9. The smallest absolute Gasteiger partial charge is 0.341 e. The lowest BCUT2D eigenvalue weighted by atomic mass is 10.4. The molecule has 0 aliphatic carbocycles. The largest absolute Gasteiger partial charge is 0.481 e. The van der Waals surface area contributed by atoms with Gasteiger partial charge in [0.1, 0.15) is 10.0 Å². The number of rotatable bonds is 4. The third-order valence-electron chi connectivity index (χ3n) is 1.68. The van der Waals surface area contributed by atoms with Gasteiger partial charge in [0.05, 0.1) is 5.69 Å². The molecule has 10 heteroatoms. The van der Waals surface area contributed by atoms with Crippen LogP contribution in [0.1, 0.15) is 13.3 Å². The predicted octanol–water partition coefficient (Wildman–Crippen LogP) is 2.05. The van der Waals surface area contributed by atoms with Gasteiger partial charge >= 0.3 is 11.9 Å². The molecule has 1 rings (SSSR count). The molecule has 1 heterocycles. The van der Waals surface area contributed by atoms with E-state index in [9.17, 15) is 14.0 Å². The molecule has 1 aromatic heterocycles. The van der Waals surface area contributed by atoms with Crippen molar-refractivity contribution in [3.8, 4) is 5.88 Å². The third kappa shape index (κ3) is 5.89. The zero-order valence-electron chi connectivity index (χ0n) is 10.2. The minimum atomic E-state index is -1.25. The molecule has 0 bridgehead atoms. The number of carbonyl (C=O) groups is 2. The second-order valence-corrected chi connectivity index (χ2v) is 3.94. The molecule has 7 nitrogen and oxygen atoms in total. The minimum Gasteiger partial charge on any atom is -0.481 e. The van der Waals surface area contributed by atoms with Crippen LogP contribution in [0.25, 0.3) is 0 Å². The van der Waals surface area contributed by atoms with Crippen LogP contribution in [-0.2, 0) is 9.59 Å². The number of hydrogen-bond donors (Lipinski definition) is 3. The van der Waals surface area contributed by atoms with Crippen molar-refractivity contribution >= 4 is 40.8 Å². The van der Waals surface area contributed by atoms with E-state index in [1.807, 2.05) is 0 Å². The van der Waals surface area contributed by atoms with Gasteiger partial charge < -0.3 is 20.7 Å². The van der Waals surface area contributed by atoms with E-state index in [4.69, 9.17) is 39.1 Å². The number of pyridine rings is 1. The highest BCUT2D eigenvalue weighted by molar-refractivity contribution is 6.39. The van der Waals surface area contributed by atoms with E-state index in [1.165, 1.54) is 0 Å². The molecule has 1 aromatic rings. The van der Waals surface area contributed by atoms with Gasteiger partial charge in [-0.1, -0.05) is 30.1 Å². The molecule has 0 unspecified atom stereocenters. The maximum atomic E-state index is 12.9. The quantitative estimate of drug-likeness (QED) is 0.722. The Kier molecular flexibility index (Phi) is 7.63. The lowest BCUT2D eigenvalue weighted by Crippen LogP contribution is -2.11. The molecular weight excluding hydrogens is 318 g/mol. The highest BCUT2D eigenvalue weighted by Crippen LogP contribution is 2.35. The Labute approximate surface area is 123 Å². The molecule has 0 radical (unpaired) electrons. The summed E-state index contributed by atoms with van der Waals surface area (Å²) in [5, 5.41) is 15.4. The van der Waals surface area contributed by atoms with E-state index in [0.29, 0.717) is 0 Å². The number of hydrogen-bond acceptors (Lipinski definition) is 5. The summed E-state index contributed by atoms with van der Waals surface area (Å²) in [6.07, 6.45) is 0.222. The van der Waals surface area contributed by atoms with Crippen LogP contribution in [-0.4, -0.2) is 33.7 Å². The fraction of sp³-hybridized carbons (Fsp3) is 0.300. The maximum Gasteiger partial charge on any atom is 0.341 e. The van der Waals surface area contributed by atoms with Gasteiger partial charge in [0, 0.05) is 6.42 Å². The number of anilines is 1. The second kappa shape index (κ2) is 8.39. The second-order valence-electron chi connectivity index (χ2n) is 3.18. The average Bonchev–Trinajstić information content (AvgIpc) is 2.39. The number of aliphatic carboxylic acids is 2. The van der Waals surface area contributed by atoms with Crippen molar-refractivity contribution in [2.45, 2.75) is 13.3 Å². The summed E-state index contributed by atoms with van der Waals surface area (Å²) in [5.74, 6) is -3.47. The first kappa shape index (κ1) is 18.2. The molecule has 0 spiro atoms. The molecule has 0 fully saturated rings. The van der Waals surface area contributed by atoms with Crippen molar-refractivity contribution in [1.29, 1.82) is 0 Å². The van der Waals surface area contributed by atoms with Crippen LogP contribution in [0, 0.1) is 5.95 Å². The van der Waals surface area contributed by atoms with E-state index in [-0.39, 0.29) is 17.1 Å². The van der Waals surface area contributed by atoms with E-state index >= 15 is 0 Å². The van der Waals surface area contributed by atoms with Crippen molar-refractivity contribution in [2.75, 3.05) is 12.3 Å². The Morgan fingerprint density at radius 1 is 1.30 bits per heavy atom. The molecule has 112 valence electrons. The molecule has 0 aliphatic heterocycles. The summed E-state index contributed by atoms with van der Waals surface area (Å²) < 4.78 is 17.5. The van der Waals surface area contributed by atoms with Crippen molar-refractivity contribution in [2.24, 2.45) is 0 Å². The Hall–Kier alpha value is -1.80. The number of aromatic nitrogens is 1. The number of halogens is 3. The number of nitrogen functional groups attached to an aromatic ring is 1. The van der Waals surface area contributed by atoms with Gasteiger partial charge in [-0.15, -0.1) is 0 Å². The molecule has 20 heavy (non-hydrogen) atoms. The summed E-state index contributed by atoms with van der Waals surface area (Å²) in [6, 6.07) is 0. The van der Waals surface area contributed by atoms with Crippen LogP contribution in [0.5, 0.6) is 5.88 Å². The predicted molar refractivity (Wildman–Crippen MR) is 69.7 cm³/mol.